The lowest BCUT2D eigenvalue weighted by molar-refractivity contribution is -0.123. The molecule has 1 aliphatic heterocycles. The fourth-order valence-corrected chi connectivity index (χ4v) is 2.90. The highest BCUT2D eigenvalue weighted by Crippen LogP contribution is 2.39. The van der Waals surface area contributed by atoms with Gasteiger partial charge in [-0.05, 0) is 12.8 Å². The summed E-state index contributed by atoms with van der Waals surface area (Å²) in [6.07, 6.45) is 3.74. The summed E-state index contributed by atoms with van der Waals surface area (Å²) in [6, 6.07) is 2.14. The average Bonchev–Trinajstić information content (AvgIpc) is 3.26. The van der Waals surface area contributed by atoms with E-state index < -0.39 is 11.3 Å². The molecule has 1 saturated heterocycles. The Hall–Kier alpha value is -3.15. The predicted molar refractivity (Wildman–Crippen MR) is 87.7 cm³/mol. The number of rotatable bonds is 4. The molecule has 1 atom stereocenters. The van der Waals surface area contributed by atoms with Gasteiger partial charge in [0, 0.05) is 20.5 Å². The minimum Gasteiger partial charge on any atom is -0.448 e. The Bertz CT molecular complexity index is 877. The van der Waals surface area contributed by atoms with E-state index in [9.17, 15) is 14.9 Å². The number of aryl methyl sites for hydroxylation is 2. The van der Waals surface area contributed by atoms with E-state index in [4.69, 9.17) is 4.42 Å². The molecule has 3 heterocycles. The van der Waals surface area contributed by atoms with Crippen molar-refractivity contribution in [3.8, 4) is 6.07 Å². The molecule has 2 aromatic heterocycles. The molecule has 0 spiro atoms. The smallest absolute Gasteiger partial charge is 0.277 e. The third-order valence-electron chi connectivity index (χ3n) is 4.40. The van der Waals surface area contributed by atoms with Gasteiger partial charge in [0.25, 0.3) is 5.91 Å². The van der Waals surface area contributed by atoms with E-state index >= 15 is 0 Å². The van der Waals surface area contributed by atoms with Gasteiger partial charge in [-0.25, -0.2) is 4.98 Å². The molecule has 0 bridgehead atoms. The molecule has 1 N–H and O–H groups in total. The lowest BCUT2D eigenvalue weighted by atomic mass is 9.85. The van der Waals surface area contributed by atoms with Crippen LogP contribution in [0.25, 0.3) is 0 Å². The number of hydrogen-bond donors (Lipinski definition) is 1. The number of anilines is 2. The first-order chi connectivity index (χ1) is 11.9. The first-order valence-electron chi connectivity index (χ1n) is 7.90. The predicted octanol–water partition coefficient (Wildman–Crippen LogP) is 1.63. The molecular formula is C16H18N6O3. The summed E-state index contributed by atoms with van der Waals surface area (Å²) >= 11 is 0. The Morgan fingerprint density at radius 2 is 2.32 bits per heavy atom. The van der Waals surface area contributed by atoms with Crippen LogP contribution in [0.4, 0.5) is 11.5 Å². The van der Waals surface area contributed by atoms with Crippen molar-refractivity contribution in [1.82, 2.24) is 14.8 Å². The van der Waals surface area contributed by atoms with Crippen molar-refractivity contribution in [3.63, 3.8) is 0 Å². The summed E-state index contributed by atoms with van der Waals surface area (Å²) in [5.74, 6) is -0.0385. The Kier molecular flexibility index (Phi) is 4.04. The molecule has 3 rings (SSSR count). The molecule has 25 heavy (non-hydrogen) atoms. The minimum atomic E-state index is -1.03. The van der Waals surface area contributed by atoms with E-state index in [0.29, 0.717) is 36.8 Å². The summed E-state index contributed by atoms with van der Waals surface area (Å²) in [6.45, 7) is 3.84. The second-order valence-corrected chi connectivity index (χ2v) is 6.00. The Morgan fingerprint density at radius 3 is 2.88 bits per heavy atom. The van der Waals surface area contributed by atoms with E-state index in [1.54, 1.807) is 20.2 Å². The number of nitriles is 1. The summed E-state index contributed by atoms with van der Waals surface area (Å²) in [7, 11) is 1.69. The van der Waals surface area contributed by atoms with Crippen molar-refractivity contribution in [2.75, 3.05) is 16.8 Å². The molecule has 130 valence electrons. The molecule has 1 fully saturated rings. The fraction of sp³-hybridized carbons (Fsp3) is 0.438. The molecule has 0 saturated carbocycles. The molecule has 1 unspecified atom stereocenters. The van der Waals surface area contributed by atoms with Crippen LogP contribution in [0.2, 0.25) is 0 Å². The van der Waals surface area contributed by atoms with Gasteiger partial charge in [-0.1, -0.05) is 6.92 Å². The SMILES string of the molecule is CCC1(C#N)CCN(c2nn(C)cc2NC(=O)c2coc(C)n2)C1=O. The maximum absolute atomic E-state index is 12.7. The van der Waals surface area contributed by atoms with Gasteiger partial charge in [0.15, 0.2) is 17.4 Å². The molecule has 1 aliphatic rings. The zero-order chi connectivity index (χ0) is 18.2. The number of aromatic nitrogens is 3. The van der Waals surface area contributed by atoms with Crippen molar-refractivity contribution in [1.29, 1.82) is 5.26 Å². The highest BCUT2D eigenvalue weighted by molar-refractivity contribution is 6.07. The monoisotopic (exact) mass is 342 g/mol. The molecule has 2 aromatic rings. The second-order valence-electron chi connectivity index (χ2n) is 6.00. The third-order valence-corrected chi connectivity index (χ3v) is 4.40. The van der Waals surface area contributed by atoms with Crippen LogP contribution in [-0.2, 0) is 11.8 Å². The zero-order valence-electron chi connectivity index (χ0n) is 14.2. The van der Waals surface area contributed by atoms with Gasteiger partial charge in [-0.3, -0.25) is 19.2 Å². The van der Waals surface area contributed by atoms with Crippen LogP contribution in [0.1, 0.15) is 36.1 Å². The molecule has 9 nitrogen and oxygen atoms in total. The first kappa shape index (κ1) is 16.7. The van der Waals surface area contributed by atoms with Crippen LogP contribution in [0.5, 0.6) is 0 Å². The van der Waals surface area contributed by atoms with Crippen LogP contribution in [0.3, 0.4) is 0 Å². The van der Waals surface area contributed by atoms with Crippen molar-refractivity contribution in [3.05, 3.63) is 24.0 Å². The molecule has 0 aromatic carbocycles. The van der Waals surface area contributed by atoms with Crippen LogP contribution in [0, 0.1) is 23.7 Å². The summed E-state index contributed by atoms with van der Waals surface area (Å²) in [4.78, 5) is 30.5. The van der Waals surface area contributed by atoms with E-state index in [0.717, 1.165) is 0 Å². The lowest BCUT2D eigenvalue weighted by Crippen LogP contribution is -2.34. The maximum Gasteiger partial charge on any atom is 0.277 e. The van der Waals surface area contributed by atoms with Gasteiger partial charge in [-0.15, -0.1) is 0 Å². The zero-order valence-corrected chi connectivity index (χ0v) is 14.2. The highest BCUT2D eigenvalue weighted by Gasteiger charge is 2.47. The number of carbonyl (C=O) groups is 2. The Morgan fingerprint density at radius 1 is 1.56 bits per heavy atom. The second kappa shape index (κ2) is 6.05. The quantitative estimate of drug-likeness (QED) is 0.902. The van der Waals surface area contributed by atoms with Crippen LogP contribution in [0.15, 0.2) is 16.9 Å². The van der Waals surface area contributed by atoms with Crippen LogP contribution >= 0.6 is 0 Å². The first-order valence-corrected chi connectivity index (χ1v) is 7.90. The number of carbonyl (C=O) groups excluding carboxylic acids is 2. The van der Waals surface area contributed by atoms with Gasteiger partial charge < -0.3 is 9.73 Å². The Balaban J connectivity index is 1.88. The molecule has 9 heteroatoms. The molecular weight excluding hydrogens is 324 g/mol. The topological polar surface area (TPSA) is 117 Å². The summed E-state index contributed by atoms with van der Waals surface area (Å²) in [5.41, 5.74) is -0.506. The molecule has 0 radical (unpaired) electrons. The van der Waals surface area contributed by atoms with E-state index in [-0.39, 0.29) is 11.6 Å². The van der Waals surface area contributed by atoms with E-state index in [2.05, 4.69) is 21.5 Å². The largest absolute Gasteiger partial charge is 0.448 e. The number of amides is 2. The van der Waals surface area contributed by atoms with Gasteiger partial charge in [-0.2, -0.15) is 10.4 Å². The van der Waals surface area contributed by atoms with Gasteiger partial charge >= 0.3 is 0 Å². The van der Waals surface area contributed by atoms with E-state index in [1.165, 1.54) is 15.8 Å². The lowest BCUT2D eigenvalue weighted by Gasteiger charge is -2.19. The number of nitrogens with zero attached hydrogens (tertiary/aromatic N) is 5. The standard InChI is InChI=1S/C16H18N6O3/c1-4-16(9-17)5-6-22(15(16)24)13-11(7-21(3)20-13)19-14(23)12-8-25-10(2)18-12/h7-8H,4-6H2,1-3H3,(H,19,23). The molecule has 2 amide bonds. The van der Waals surface area contributed by atoms with Crippen LogP contribution < -0.4 is 10.2 Å². The summed E-state index contributed by atoms with van der Waals surface area (Å²) in [5, 5.41) is 16.4. The number of nitrogens with one attached hydrogen (secondary N) is 1. The number of oxazole rings is 1. The number of hydrogen-bond acceptors (Lipinski definition) is 6. The van der Waals surface area contributed by atoms with Gasteiger partial charge in [0.1, 0.15) is 17.4 Å². The van der Waals surface area contributed by atoms with E-state index in [1.807, 2.05) is 6.92 Å². The van der Waals surface area contributed by atoms with Crippen molar-refractivity contribution in [2.24, 2.45) is 12.5 Å². The van der Waals surface area contributed by atoms with Crippen LogP contribution in [-0.4, -0.2) is 33.1 Å². The van der Waals surface area contributed by atoms with Crippen molar-refractivity contribution in [2.45, 2.75) is 26.7 Å². The third kappa shape index (κ3) is 2.76. The fourth-order valence-electron chi connectivity index (χ4n) is 2.90. The summed E-state index contributed by atoms with van der Waals surface area (Å²) < 4.78 is 6.54. The maximum atomic E-state index is 12.7. The van der Waals surface area contributed by atoms with Gasteiger partial charge in [0.2, 0.25) is 5.91 Å². The Labute approximate surface area is 144 Å². The minimum absolute atomic E-state index is 0.139. The molecule has 0 aliphatic carbocycles. The van der Waals surface area contributed by atoms with Crippen molar-refractivity contribution < 1.29 is 14.0 Å². The van der Waals surface area contributed by atoms with Gasteiger partial charge in [0.05, 0.1) is 12.3 Å². The normalized spacial score (nSPS) is 19.9. The highest BCUT2D eigenvalue weighted by atomic mass is 16.3. The van der Waals surface area contributed by atoms with Crippen molar-refractivity contribution >= 4 is 23.3 Å². The average molecular weight is 342 g/mol.